The van der Waals surface area contributed by atoms with Crippen LogP contribution in [0.1, 0.15) is 0 Å². The summed E-state index contributed by atoms with van der Waals surface area (Å²) in [6, 6.07) is 6.90. The molecule has 2 N–H and O–H groups in total. The second kappa shape index (κ2) is 3.78. The highest BCUT2D eigenvalue weighted by molar-refractivity contribution is 9.10. The fraction of sp³-hybridized carbons (Fsp3) is 0. The third-order valence-electron chi connectivity index (χ3n) is 2.27. The number of aromatic nitrogens is 1. The topological polar surface area (TPSA) is 65.2 Å². The maximum Gasteiger partial charge on any atom is 0.264 e. The normalized spacial score (nSPS) is 11.2. The van der Waals surface area contributed by atoms with Crippen molar-refractivity contribution < 1.29 is 8.83 Å². The van der Waals surface area contributed by atoms with Crippen LogP contribution in [0.25, 0.3) is 22.8 Å². The van der Waals surface area contributed by atoms with Crippen LogP contribution < -0.4 is 5.73 Å². The van der Waals surface area contributed by atoms with Gasteiger partial charge in [0.2, 0.25) is 0 Å². The number of rotatable bonds is 1. The number of halogens is 2. The number of benzene rings is 1. The van der Waals surface area contributed by atoms with Gasteiger partial charge in [0.15, 0.2) is 16.6 Å². The second-order valence-corrected chi connectivity index (χ2v) is 4.75. The number of hydrogen-bond donors (Lipinski definition) is 1. The number of nitrogens with zero attached hydrogens (tertiary/aromatic N) is 1. The molecule has 2 aromatic heterocycles. The molecule has 2 heterocycles. The molecule has 0 spiro atoms. The SMILES string of the molecule is Nc1cc(Br)cc2nc(-c3ccc(Cl)o3)oc12. The quantitative estimate of drug-likeness (QED) is 0.687. The largest absolute Gasteiger partial charge is 0.440 e. The minimum atomic E-state index is 0.288. The minimum Gasteiger partial charge on any atom is -0.440 e. The zero-order chi connectivity index (χ0) is 12.0. The fourth-order valence-electron chi connectivity index (χ4n) is 1.56. The van der Waals surface area contributed by atoms with Gasteiger partial charge in [0, 0.05) is 4.47 Å². The van der Waals surface area contributed by atoms with Gasteiger partial charge in [-0.25, -0.2) is 4.98 Å². The molecule has 0 amide bonds. The van der Waals surface area contributed by atoms with Crippen molar-refractivity contribution in [3.05, 3.63) is 34.0 Å². The summed E-state index contributed by atoms with van der Waals surface area (Å²) in [4.78, 5) is 4.29. The van der Waals surface area contributed by atoms with E-state index in [9.17, 15) is 0 Å². The highest BCUT2D eigenvalue weighted by atomic mass is 79.9. The first-order valence-electron chi connectivity index (χ1n) is 4.75. The Labute approximate surface area is 109 Å². The minimum absolute atomic E-state index is 0.288. The Morgan fingerprint density at radius 3 is 2.76 bits per heavy atom. The van der Waals surface area contributed by atoms with Gasteiger partial charge in [-0.3, -0.25) is 0 Å². The summed E-state index contributed by atoms with van der Waals surface area (Å²) in [5.74, 6) is 0.832. The predicted molar refractivity (Wildman–Crippen MR) is 68.8 cm³/mol. The van der Waals surface area contributed by atoms with Gasteiger partial charge in [-0.1, -0.05) is 15.9 Å². The summed E-state index contributed by atoms with van der Waals surface area (Å²) in [6.07, 6.45) is 0. The lowest BCUT2D eigenvalue weighted by molar-refractivity contribution is 0.536. The molecule has 0 unspecified atom stereocenters. The number of anilines is 1. The van der Waals surface area contributed by atoms with E-state index in [0.717, 1.165) is 4.47 Å². The molecular weight excluding hydrogens is 307 g/mol. The summed E-state index contributed by atoms with van der Waals surface area (Å²) in [6.45, 7) is 0. The van der Waals surface area contributed by atoms with E-state index in [1.165, 1.54) is 0 Å². The smallest absolute Gasteiger partial charge is 0.264 e. The van der Waals surface area contributed by atoms with Crippen LogP contribution in [0.3, 0.4) is 0 Å². The zero-order valence-electron chi connectivity index (χ0n) is 8.41. The van der Waals surface area contributed by atoms with Crippen LogP contribution in [0, 0.1) is 0 Å². The van der Waals surface area contributed by atoms with Crippen molar-refractivity contribution in [1.29, 1.82) is 0 Å². The molecule has 0 aliphatic heterocycles. The van der Waals surface area contributed by atoms with Crippen molar-refractivity contribution in [2.75, 3.05) is 5.73 Å². The van der Waals surface area contributed by atoms with Gasteiger partial charge in [-0.05, 0) is 35.9 Å². The lowest BCUT2D eigenvalue weighted by Gasteiger charge is -1.93. The van der Waals surface area contributed by atoms with E-state index in [0.29, 0.717) is 28.4 Å². The molecule has 3 rings (SSSR count). The molecule has 0 radical (unpaired) electrons. The Morgan fingerprint density at radius 2 is 2.06 bits per heavy atom. The Bertz CT molecular complexity index is 705. The van der Waals surface area contributed by atoms with Crippen LogP contribution in [0.4, 0.5) is 5.69 Å². The van der Waals surface area contributed by atoms with Crippen molar-refractivity contribution >= 4 is 44.3 Å². The monoisotopic (exact) mass is 312 g/mol. The first-order chi connectivity index (χ1) is 8.13. The highest BCUT2D eigenvalue weighted by Crippen LogP contribution is 2.31. The zero-order valence-corrected chi connectivity index (χ0v) is 10.7. The van der Waals surface area contributed by atoms with Crippen molar-refractivity contribution in [2.24, 2.45) is 0 Å². The number of nitrogens with two attached hydrogens (primary N) is 1. The van der Waals surface area contributed by atoms with Gasteiger partial charge < -0.3 is 14.6 Å². The van der Waals surface area contributed by atoms with Crippen LogP contribution in [0.2, 0.25) is 5.22 Å². The number of furan rings is 1. The first-order valence-corrected chi connectivity index (χ1v) is 5.92. The van der Waals surface area contributed by atoms with E-state index in [1.807, 2.05) is 6.07 Å². The van der Waals surface area contributed by atoms with Gasteiger partial charge in [-0.15, -0.1) is 0 Å². The van der Waals surface area contributed by atoms with Crippen LogP contribution in [-0.4, -0.2) is 4.98 Å². The van der Waals surface area contributed by atoms with E-state index >= 15 is 0 Å². The molecule has 3 aromatic rings. The second-order valence-electron chi connectivity index (χ2n) is 3.47. The third-order valence-corrected chi connectivity index (χ3v) is 2.93. The molecule has 0 bridgehead atoms. The molecule has 0 aliphatic carbocycles. The van der Waals surface area contributed by atoms with Crippen molar-refractivity contribution in [2.45, 2.75) is 0 Å². The molecule has 0 fully saturated rings. The average Bonchev–Trinajstić information content (AvgIpc) is 2.83. The molecule has 86 valence electrons. The molecule has 0 saturated carbocycles. The summed E-state index contributed by atoms with van der Waals surface area (Å²) in [7, 11) is 0. The Kier molecular flexibility index (Phi) is 2.38. The number of hydrogen-bond acceptors (Lipinski definition) is 4. The van der Waals surface area contributed by atoms with Crippen LogP contribution in [0.5, 0.6) is 0 Å². The van der Waals surface area contributed by atoms with Gasteiger partial charge in [0.1, 0.15) is 5.52 Å². The van der Waals surface area contributed by atoms with Crippen LogP contribution in [0.15, 0.2) is 37.6 Å². The summed E-state index contributed by atoms with van der Waals surface area (Å²) < 4.78 is 11.6. The molecule has 0 aliphatic rings. The standard InChI is InChI=1S/C11H6BrClN2O2/c12-5-3-6(14)10-7(4-5)15-11(17-10)8-1-2-9(13)16-8/h1-4H,14H2. The van der Waals surface area contributed by atoms with Gasteiger partial charge in [-0.2, -0.15) is 0 Å². The first kappa shape index (κ1) is 10.7. The summed E-state index contributed by atoms with van der Waals surface area (Å²) >= 11 is 9.04. The lowest BCUT2D eigenvalue weighted by atomic mass is 10.3. The van der Waals surface area contributed by atoms with Crippen molar-refractivity contribution in [3.8, 4) is 11.7 Å². The van der Waals surface area contributed by atoms with E-state index in [2.05, 4.69) is 20.9 Å². The maximum absolute atomic E-state index is 5.83. The van der Waals surface area contributed by atoms with E-state index in [-0.39, 0.29) is 5.22 Å². The van der Waals surface area contributed by atoms with Crippen LogP contribution in [-0.2, 0) is 0 Å². The average molecular weight is 314 g/mol. The lowest BCUT2D eigenvalue weighted by Crippen LogP contribution is -1.84. The van der Waals surface area contributed by atoms with E-state index < -0.39 is 0 Å². The molecule has 6 heteroatoms. The summed E-state index contributed by atoms with van der Waals surface area (Å²) in [5.41, 5.74) is 7.56. The van der Waals surface area contributed by atoms with E-state index in [4.69, 9.17) is 26.2 Å². The molecule has 4 nitrogen and oxygen atoms in total. The van der Waals surface area contributed by atoms with Gasteiger partial charge in [0.25, 0.3) is 5.89 Å². The molecule has 0 saturated heterocycles. The number of nitrogen functional groups attached to an aromatic ring is 1. The predicted octanol–water partition coefficient (Wildman–Crippen LogP) is 4.09. The molecule has 0 atom stereocenters. The third kappa shape index (κ3) is 1.81. The summed E-state index contributed by atoms with van der Waals surface area (Å²) in [5, 5.41) is 0.288. The van der Waals surface area contributed by atoms with Gasteiger partial charge >= 0.3 is 0 Å². The Morgan fingerprint density at radius 1 is 1.24 bits per heavy atom. The molecular formula is C11H6BrClN2O2. The van der Waals surface area contributed by atoms with E-state index in [1.54, 1.807) is 18.2 Å². The fourth-order valence-corrected chi connectivity index (χ4v) is 2.17. The molecule has 17 heavy (non-hydrogen) atoms. The highest BCUT2D eigenvalue weighted by Gasteiger charge is 2.14. The van der Waals surface area contributed by atoms with Crippen molar-refractivity contribution in [1.82, 2.24) is 4.98 Å². The maximum atomic E-state index is 5.83. The molecule has 1 aromatic carbocycles. The Balaban J connectivity index is 2.23. The number of oxazole rings is 1. The van der Waals surface area contributed by atoms with Gasteiger partial charge in [0.05, 0.1) is 5.69 Å². The number of fused-ring (bicyclic) bond motifs is 1. The Hall–Kier alpha value is -1.46. The van der Waals surface area contributed by atoms with Crippen LogP contribution >= 0.6 is 27.5 Å². The van der Waals surface area contributed by atoms with Crippen molar-refractivity contribution in [3.63, 3.8) is 0 Å².